The maximum Gasteiger partial charge on any atom is 0.281 e. The highest BCUT2D eigenvalue weighted by Crippen LogP contribution is 2.17. The van der Waals surface area contributed by atoms with Gasteiger partial charge in [-0.3, -0.25) is 0 Å². The van der Waals surface area contributed by atoms with Crippen molar-refractivity contribution in [1.29, 1.82) is 0 Å². The molecule has 20 heavy (non-hydrogen) atoms. The predicted octanol–water partition coefficient (Wildman–Crippen LogP) is 0.662. The van der Waals surface area contributed by atoms with Crippen LogP contribution in [-0.4, -0.2) is 69.5 Å². The lowest BCUT2D eigenvalue weighted by atomic mass is 10.1. The molecule has 1 aliphatic heterocycles. The van der Waals surface area contributed by atoms with Crippen LogP contribution >= 0.6 is 0 Å². The van der Waals surface area contributed by atoms with Crippen LogP contribution in [0.4, 0.5) is 0 Å². The van der Waals surface area contributed by atoms with E-state index in [2.05, 4.69) is 19.2 Å². The molecule has 1 fully saturated rings. The number of ether oxygens (including phenoxy) is 1. The maximum atomic E-state index is 12.4. The van der Waals surface area contributed by atoms with E-state index in [1.807, 2.05) is 0 Å². The molecule has 6 nitrogen and oxygen atoms in total. The summed E-state index contributed by atoms with van der Waals surface area (Å²) < 4.78 is 33.1. The maximum absolute atomic E-state index is 12.4. The van der Waals surface area contributed by atoms with Crippen LogP contribution in [-0.2, 0) is 14.9 Å². The molecule has 0 saturated carbocycles. The lowest BCUT2D eigenvalue weighted by molar-refractivity contribution is 0.0620. The third-order valence-corrected chi connectivity index (χ3v) is 5.66. The number of nitrogens with zero attached hydrogens (tertiary/aromatic N) is 2. The minimum Gasteiger partial charge on any atom is -0.381 e. The van der Waals surface area contributed by atoms with Crippen LogP contribution < -0.4 is 5.32 Å². The zero-order valence-corrected chi connectivity index (χ0v) is 13.9. The van der Waals surface area contributed by atoms with Crippen molar-refractivity contribution in [2.75, 3.05) is 40.4 Å². The molecule has 0 unspecified atom stereocenters. The summed E-state index contributed by atoms with van der Waals surface area (Å²) in [5.41, 5.74) is 0. The molecule has 0 atom stereocenters. The van der Waals surface area contributed by atoms with Crippen LogP contribution in [0, 0.1) is 0 Å². The van der Waals surface area contributed by atoms with Gasteiger partial charge in [-0.2, -0.15) is 17.0 Å². The summed E-state index contributed by atoms with van der Waals surface area (Å²) in [6.45, 7) is 6.83. The number of hydrogen-bond acceptors (Lipinski definition) is 4. The van der Waals surface area contributed by atoms with Crippen LogP contribution in [0.3, 0.4) is 0 Å². The van der Waals surface area contributed by atoms with Crippen molar-refractivity contribution >= 4 is 10.2 Å². The molecule has 0 aromatic heterocycles. The van der Waals surface area contributed by atoms with E-state index >= 15 is 0 Å². The van der Waals surface area contributed by atoms with Crippen molar-refractivity contribution in [3.63, 3.8) is 0 Å². The minimum absolute atomic E-state index is 0.0602. The Morgan fingerprint density at radius 3 is 2.40 bits per heavy atom. The van der Waals surface area contributed by atoms with E-state index in [0.717, 1.165) is 25.8 Å². The second-order valence-electron chi connectivity index (χ2n) is 5.65. The van der Waals surface area contributed by atoms with Gasteiger partial charge in [0.25, 0.3) is 10.2 Å². The fourth-order valence-corrected chi connectivity index (χ4v) is 3.65. The number of hydrogen-bond donors (Lipinski definition) is 1. The molecule has 7 heteroatoms. The summed E-state index contributed by atoms with van der Waals surface area (Å²) in [7, 11) is -0.0279. The molecule has 120 valence electrons. The standard InChI is InChI=1S/C13H29N3O3S/c1-12(2)14-8-5-9-15(3)20(17,18)16(4)13-6-10-19-11-7-13/h12-14H,5-11H2,1-4H3. The topological polar surface area (TPSA) is 61.9 Å². The highest BCUT2D eigenvalue weighted by atomic mass is 32.2. The van der Waals surface area contributed by atoms with Gasteiger partial charge < -0.3 is 10.1 Å². The van der Waals surface area contributed by atoms with Crippen LogP contribution in [0.1, 0.15) is 33.1 Å². The van der Waals surface area contributed by atoms with Crippen LogP contribution in [0.15, 0.2) is 0 Å². The first-order valence-corrected chi connectivity index (χ1v) is 8.76. The smallest absolute Gasteiger partial charge is 0.281 e. The summed E-state index contributed by atoms with van der Waals surface area (Å²) >= 11 is 0. The first-order valence-electron chi connectivity index (χ1n) is 7.36. The summed E-state index contributed by atoms with van der Waals surface area (Å²) in [5, 5.41) is 3.29. The molecule has 1 aliphatic rings. The molecule has 0 aromatic rings. The van der Waals surface area contributed by atoms with Gasteiger partial charge in [0.2, 0.25) is 0 Å². The molecule has 0 aliphatic carbocycles. The summed E-state index contributed by atoms with van der Waals surface area (Å²) in [6.07, 6.45) is 2.37. The van der Waals surface area contributed by atoms with Crippen LogP contribution in [0.5, 0.6) is 0 Å². The lowest BCUT2D eigenvalue weighted by Gasteiger charge is -2.33. The third kappa shape index (κ3) is 5.29. The van der Waals surface area contributed by atoms with Crippen molar-refractivity contribution in [2.45, 2.75) is 45.2 Å². The Kier molecular flexibility index (Phi) is 7.39. The van der Waals surface area contributed by atoms with Gasteiger partial charge in [0.05, 0.1) is 0 Å². The molecule has 0 bridgehead atoms. The van der Waals surface area contributed by atoms with E-state index in [1.54, 1.807) is 14.1 Å². The number of rotatable bonds is 8. The molecule has 0 radical (unpaired) electrons. The summed E-state index contributed by atoms with van der Waals surface area (Å²) in [4.78, 5) is 0. The molecular formula is C13H29N3O3S. The third-order valence-electron chi connectivity index (χ3n) is 3.67. The molecule has 1 N–H and O–H groups in total. The average molecular weight is 307 g/mol. The van der Waals surface area contributed by atoms with E-state index in [1.165, 1.54) is 8.61 Å². The molecule has 0 aromatic carbocycles. The van der Waals surface area contributed by atoms with E-state index in [-0.39, 0.29) is 6.04 Å². The van der Waals surface area contributed by atoms with Gasteiger partial charge in [-0.05, 0) is 25.8 Å². The van der Waals surface area contributed by atoms with E-state index < -0.39 is 10.2 Å². The second kappa shape index (κ2) is 8.29. The van der Waals surface area contributed by atoms with Crippen molar-refractivity contribution in [1.82, 2.24) is 13.9 Å². The zero-order valence-electron chi connectivity index (χ0n) is 13.1. The normalized spacial score (nSPS) is 18.4. The van der Waals surface area contributed by atoms with Crippen molar-refractivity contribution in [3.05, 3.63) is 0 Å². The van der Waals surface area contributed by atoms with Crippen LogP contribution in [0.25, 0.3) is 0 Å². The van der Waals surface area contributed by atoms with Crippen molar-refractivity contribution < 1.29 is 13.2 Å². The second-order valence-corrected chi connectivity index (χ2v) is 7.75. The van der Waals surface area contributed by atoms with Gasteiger partial charge in [0, 0.05) is 45.9 Å². The van der Waals surface area contributed by atoms with Gasteiger partial charge in [0.1, 0.15) is 0 Å². The minimum atomic E-state index is -3.36. The van der Waals surface area contributed by atoms with Gasteiger partial charge in [0.15, 0.2) is 0 Å². The van der Waals surface area contributed by atoms with Crippen LogP contribution in [0.2, 0.25) is 0 Å². The Morgan fingerprint density at radius 2 is 1.85 bits per heavy atom. The van der Waals surface area contributed by atoms with Gasteiger partial charge in [-0.15, -0.1) is 0 Å². The molecule has 0 spiro atoms. The Labute approximate surface area is 123 Å². The first kappa shape index (κ1) is 17.8. The van der Waals surface area contributed by atoms with E-state index in [4.69, 9.17) is 4.74 Å². The Bertz CT molecular complexity index is 367. The van der Waals surface area contributed by atoms with E-state index in [9.17, 15) is 8.42 Å². The quantitative estimate of drug-likeness (QED) is 0.669. The molecular weight excluding hydrogens is 278 g/mol. The molecule has 1 heterocycles. The predicted molar refractivity (Wildman–Crippen MR) is 80.9 cm³/mol. The summed E-state index contributed by atoms with van der Waals surface area (Å²) in [6, 6.07) is 0.492. The lowest BCUT2D eigenvalue weighted by Crippen LogP contribution is -2.47. The number of nitrogens with one attached hydrogen (secondary N) is 1. The molecule has 1 rings (SSSR count). The average Bonchev–Trinajstić information content (AvgIpc) is 2.43. The fraction of sp³-hybridized carbons (Fsp3) is 1.00. The molecule has 1 saturated heterocycles. The summed E-state index contributed by atoms with van der Waals surface area (Å²) in [5.74, 6) is 0. The highest BCUT2D eigenvalue weighted by molar-refractivity contribution is 7.86. The Hall–Kier alpha value is -0.210. The zero-order chi connectivity index (χ0) is 15.2. The van der Waals surface area contributed by atoms with Gasteiger partial charge >= 0.3 is 0 Å². The molecule has 0 amide bonds. The Balaban J connectivity index is 2.44. The first-order chi connectivity index (χ1) is 9.35. The largest absolute Gasteiger partial charge is 0.381 e. The highest BCUT2D eigenvalue weighted by Gasteiger charge is 2.30. The SMILES string of the molecule is CC(C)NCCCN(C)S(=O)(=O)N(C)C1CCOCC1. The fourth-order valence-electron chi connectivity index (χ4n) is 2.26. The van der Waals surface area contributed by atoms with E-state index in [0.29, 0.717) is 25.8 Å². The Morgan fingerprint density at radius 1 is 1.25 bits per heavy atom. The van der Waals surface area contributed by atoms with Crippen molar-refractivity contribution in [3.8, 4) is 0 Å². The van der Waals surface area contributed by atoms with Gasteiger partial charge in [-0.1, -0.05) is 13.8 Å². The monoisotopic (exact) mass is 307 g/mol. The van der Waals surface area contributed by atoms with Crippen molar-refractivity contribution in [2.24, 2.45) is 0 Å². The van der Waals surface area contributed by atoms with Gasteiger partial charge in [-0.25, -0.2) is 0 Å².